The molecule has 0 aliphatic carbocycles. The Balaban J connectivity index is 1.05. The van der Waals surface area contributed by atoms with Gasteiger partial charge in [0.05, 0.1) is 0 Å². The van der Waals surface area contributed by atoms with E-state index in [9.17, 15) is 0 Å². The van der Waals surface area contributed by atoms with Crippen molar-refractivity contribution < 1.29 is 8.83 Å². The predicted molar refractivity (Wildman–Crippen MR) is 227 cm³/mol. The van der Waals surface area contributed by atoms with E-state index in [0.717, 1.165) is 54.6 Å². The average Bonchev–Trinajstić information content (AvgIpc) is 3.77. The lowest BCUT2D eigenvalue weighted by molar-refractivity contribution is 0.668. The van der Waals surface area contributed by atoms with Gasteiger partial charge in [-0.15, -0.1) is 0 Å². The Labute approximate surface area is 310 Å². The first-order valence-corrected chi connectivity index (χ1v) is 18.5. The second-order valence-electron chi connectivity index (χ2n) is 14.4. The van der Waals surface area contributed by atoms with Gasteiger partial charge in [0.25, 0.3) is 0 Å². The summed E-state index contributed by atoms with van der Waals surface area (Å²) in [6.07, 6.45) is 0. The van der Waals surface area contributed by atoms with Crippen LogP contribution in [0, 0.1) is 0 Å². The van der Waals surface area contributed by atoms with Gasteiger partial charge in [-0.3, -0.25) is 0 Å². The van der Waals surface area contributed by atoms with Gasteiger partial charge in [0, 0.05) is 21.5 Å². The van der Waals surface area contributed by atoms with E-state index >= 15 is 0 Å². The molecule has 0 saturated carbocycles. The summed E-state index contributed by atoms with van der Waals surface area (Å²) < 4.78 is 12.8. The van der Waals surface area contributed by atoms with E-state index < -0.39 is 0 Å². The molecule has 0 radical (unpaired) electrons. The van der Waals surface area contributed by atoms with Gasteiger partial charge in [0.2, 0.25) is 0 Å². The normalized spacial score (nSPS) is 12.1. The van der Waals surface area contributed by atoms with Crippen molar-refractivity contribution in [3.63, 3.8) is 0 Å². The maximum atomic E-state index is 6.53. The van der Waals surface area contributed by atoms with Crippen molar-refractivity contribution >= 4 is 87.0 Å². The highest BCUT2D eigenvalue weighted by atomic mass is 16.3. The van der Waals surface area contributed by atoms with E-state index in [1.807, 2.05) is 12.1 Å². The van der Waals surface area contributed by atoms with Gasteiger partial charge in [-0.25, -0.2) is 0 Å². The summed E-state index contributed by atoms with van der Waals surface area (Å²) in [4.78, 5) is 0. The SMILES string of the molecule is c1ccc(-c2ccc3cc(-c4c5ccccc5c(-c5ccc6oc7cc8cc9c(cc8cc7c6c5)oc5ccccc59)c5ccccc45)ccc3c2)cc1. The summed E-state index contributed by atoms with van der Waals surface area (Å²) in [7, 11) is 0. The molecule has 0 fully saturated rings. The van der Waals surface area contributed by atoms with Crippen LogP contribution in [0.3, 0.4) is 0 Å². The van der Waals surface area contributed by atoms with E-state index in [1.165, 1.54) is 65.7 Å². The van der Waals surface area contributed by atoms with Gasteiger partial charge in [-0.2, -0.15) is 0 Å². The number of hydrogen-bond donors (Lipinski definition) is 0. The Morgan fingerprint density at radius 2 is 0.667 bits per heavy atom. The third kappa shape index (κ3) is 4.34. The second-order valence-corrected chi connectivity index (χ2v) is 14.4. The molecule has 2 heterocycles. The highest BCUT2D eigenvalue weighted by Crippen LogP contribution is 2.46. The Hall–Kier alpha value is -7.16. The average molecular weight is 687 g/mol. The molecule has 0 spiro atoms. The molecule has 54 heavy (non-hydrogen) atoms. The van der Waals surface area contributed by atoms with Crippen LogP contribution in [0.5, 0.6) is 0 Å². The number of rotatable bonds is 3. The Morgan fingerprint density at radius 3 is 1.30 bits per heavy atom. The van der Waals surface area contributed by atoms with E-state index in [-0.39, 0.29) is 0 Å². The van der Waals surface area contributed by atoms with Crippen LogP contribution in [-0.2, 0) is 0 Å². The van der Waals surface area contributed by atoms with Crippen molar-refractivity contribution in [3.05, 3.63) is 182 Å². The van der Waals surface area contributed by atoms with E-state index in [4.69, 9.17) is 8.83 Å². The molecule has 0 bridgehead atoms. The first-order valence-electron chi connectivity index (χ1n) is 18.5. The molecular weight excluding hydrogens is 657 g/mol. The fourth-order valence-electron chi connectivity index (χ4n) is 8.86. The molecule has 0 N–H and O–H groups in total. The monoisotopic (exact) mass is 686 g/mol. The summed E-state index contributed by atoms with van der Waals surface area (Å²) in [5, 5.41) is 14.2. The number of hydrogen-bond acceptors (Lipinski definition) is 2. The van der Waals surface area contributed by atoms with Gasteiger partial charge in [-0.05, 0) is 131 Å². The van der Waals surface area contributed by atoms with Gasteiger partial charge >= 0.3 is 0 Å². The van der Waals surface area contributed by atoms with Crippen LogP contribution >= 0.6 is 0 Å². The van der Waals surface area contributed by atoms with Gasteiger partial charge in [0.1, 0.15) is 22.3 Å². The molecule has 10 aromatic carbocycles. The number of para-hydroxylation sites is 1. The fraction of sp³-hybridized carbons (Fsp3) is 0. The first-order chi connectivity index (χ1) is 26.7. The van der Waals surface area contributed by atoms with Crippen LogP contribution in [0.2, 0.25) is 0 Å². The topological polar surface area (TPSA) is 26.3 Å². The zero-order valence-electron chi connectivity index (χ0n) is 29.1. The van der Waals surface area contributed by atoms with Crippen LogP contribution in [0.1, 0.15) is 0 Å². The molecule has 12 rings (SSSR count). The van der Waals surface area contributed by atoms with Crippen LogP contribution in [-0.4, -0.2) is 0 Å². The second kappa shape index (κ2) is 11.2. The van der Waals surface area contributed by atoms with E-state index in [2.05, 4.69) is 170 Å². The smallest absolute Gasteiger partial charge is 0.136 e. The molecule has 0 aliphatic rings. The third-order valence-electron chi connectivity index (χ3n) is 11.4. The predicted octanol–water partition coefficient (Wildman–Crippen LogP) is 15.1. The van der Waals surface area contributed by atoms with Crippen molar-refractivity contribution in [3.8, 4) is 33.4 Å². The lowest BCUT2D eigenvalue weighted by Gasteiger charge is -2.18. The van der Waals surface area contributed by atoms with Crippen molar-refractivity contribution in [2.45, 2.75) is 0 Å². The van der Waals surface area contributed by atoms with Crippen molar-refractivity contribution in [1.29, 1.82) is 0 Å². The molecule has 0 unspecified atom stereocenters. The molecule has 12 aromatic rings. The summed E-state index contributed by atoms with van der Waals surface area (Å²) >= 11 is 0. The van der Waals surface area contributed by atoms with Crippen LogP contribution < -0.4 is 0 Å². The van der Waals surface area contributed by atoms with E-state index in [1.54, 1.807) is 0 Å². The largest absolute Gasteiger partial charge is 0.456 e. The zero-order valence-corrected chi connectivity index (χ0v) is 29.1. The van der Waals surface area contributed by atoms with Gasteiger partial charge in [-0.1, -0.05) is 127 Å². The minimum absolute atomic E-state index is 0.884. The van der Waals surface area contributed by atoms with E-state index in [0.29, 0.717) is 0 Å². The molecule has 2 heteroatoms. The van der Waals surface area contributed by atoms with Crippen LogP contribution in [0.25, 0.3) is 120 Å². The van der Waals surface area contributed by atoms with Gasteiger partial charge in [0.15, 0.2) is 0 Å². The lowest BCUT2D eigenvalue weighted by Crippen LogP contribution is -1.91. The molecule has 0 aliphatic heterocycles. The van der Waals surface area contributed by atoms with Crippen molar-refractivity contribution in [2.24, 2.45) is 0 Å². The molecule has 2 aromatic heterocycles. The highest BCUT2D eigenvalue weighted by molar-refractivity contribution is 6.23. The lowest BCUT2D eigenvalue weighted by atomic mass is 9.85. The Bertz CT molecular complexity index is 3430. The number of fused-ring (bicyclic) bond motifs is 10. The Kier molecular flexibility index (Phi) is 6.09. The fourth-order valence-corrected chi connectivity index (χ4v) is 8.86. The summed E-state index contributed by atoms with van der Waals surface area (Å²) in [5.41, 5.74) is 10.9. The van der Waals surface area contributed by atoms with Crippen molar-refractivity contribution in [2.75, 3.05) is 0 Å². The molecule has 0 amide bonds. The molecule has 2 nitrogen and oxygen atoms in total. The maximum absolute atomic E-state index is 6.53. The number of furan rings is 2. The Morgan fingerprint density at radius 1 is 0.222 bits per heavy atom. The standard InChI is InChI=1S/C52H30O2/c1-2-10-31(11-3-1)32-18-19-34-25-35(21-20-33(34)24-32)51-40-13-4-6-15-42(40)52(43-16-7-5-14-41(43)51)36-22-23-48-45(26-36)46-28-38-29-49-44(27-37(38)30-50(46)54-48)39-12-8-9-17-47(39)53-49/h1-30H. The molecule has 0 atom stereocenters. The minimum atomic E-state index is 0.884. The van der Waals surface area contributed by atoms with Crippen LogP contribution in [0.15, 0.2) is 191 Å². The van der Waals surface area contributed by atoms with Crippen molar-refractivity contribution in [1.82, 2.24) is 0 Å². The summed E-state index contributed by atoms with van der Waals surface area (Å²) in [5.74, 6) is 0. The zero-order chi connectivity index (χ0) is 35.3. The molecular formula is C52H30O2. The quantitative estimate of drug-likeness (QED) is 0.173. The molecule has 0 saturated heterocycles. The van der Waals surface area contributed by atoms with Gasteiger partial charge < -0.3 is 8.83 Å². The maximum Gasteiger partial charge on any atom is 0.136 e. The summed E-state index contributed by atoms with van der Waals surface area (Å²) in [6, 6.07) is 65.8. The third-order valence-corrected chi connectivity index (χ3v) is 11.4. The number of benzene rings is 10. The summed E-state index contributed by atoms with van der Waals surface area (Å²) in [6.45, 7) is 0. The first kappa shape index (κ1) is 29.4. The minimum Gasteiger partial charge on any atom is -0.456 e. The molecule has 250 valence electrons. The highest BCUT2D eigenvalue weighted by Gasteiger charge is 2.19. The van der Waals surface area contributed by atoms with Crippen LogP contribution in [0.4, 0.5) is 0 Å².